The molecule has 0 aliphatic heterocycles. The number of halogens is 3. The molecular formula is C14H18F3N3O3S. The van der Waals surface area contributed by atoms with Crippen molar-refractivity contribution < 1.29 is 27.9 Å². The summed E-state index contributed by atoms with van der Waals surface area (Å²) in [5.41, 5.74) is -0.969. The summed E-state index contributed by atoms with van der Waals surface area (Å²) in [4.78, 5) is 26.3. The van der Waals surface area contributed by atoms with Crippen molar-refractivity contribution in [2.24, 2.45) is 5.92 Å². The van der Waals surface area contributed by atoms with Gasteiger partial charge in [-0.3, -0.25) is 4.79 Å². The van der Waals surface area contributed by atoms with Gasteiger partial charge in [-0.05, 0) is 32.6 Å². The van der Waals surface area contributed by atoms with Gasteiger partial charge < -0.3 is 15.7 Å². The molecule has 0 saturated heterocycles. The molecule has 0 bridgehead atoms. The summed E-state index contributed by atoms with van der Waals surface area (Å²) < 4.78 is 37.6. The van der Waals surface area contributed by atoms with Crippen LogP contribution in [0, 0.1) is 5.92 Å². The van der Waals surface area contributed by atoms with E-state index in [1.807, 2.05) is 0 Å². The summed E-state index contributed by atoms with van der Waals surface area (Å²) in [7, 11) is 0. The molecule has 1 atom stereocenters. The Morgan fingerprint density at radius 1 is 1.33 bits per heavy atom. The zero-order valence-electron chi connectivity index (χ0n) is 12.9. The molecule has 1 aliphatic rings. The standard InChI is InChI=1S/C14H18F3N3O3S/c1-7(11-20-10(6-24-11)14(15,16)17)18-13(23)19-9-4-2-8(3-5-9)12(21)22/h6-9H,2-5H2,1H3,(H,21,22)(H2,18,19,23). The number of rotatable bonds is 4. The fraction of sp³-hybridized carbons (Fsp3) is 0.643. The number of carboxylic acid groups (broad SMARTS) is 1. The molecule has 1 unspecified atom stereocenters. The number of alkyl halides is 3. The first-order valence-corrected chi connectivity index (χ1v) is 8.37. The lowest BCUT2D eigenvalue weighted by Gasteiger charge is -2.27. The molecule has 10 heteroatoms. The molecule has 1 fully saturated rings. The molecule has 2 rings (SSSR count). The van der Waals surface area contributed by atoms with E-state index in [2.05, 4.69) is 15.6 Å². The first-order chi connectivity index (χ1) is 11.2. The van der Waals surface area contributed by atoms with Gasteiger partial charge in [0.2, 0.25) is 0 Å². The molecule has 6 nitrogen and oxygen atoms in total. The average Bonchev–Trinajstić information content (AvgIpc) is 2.97. The molecule has 0 spiro atoms. The summed E-state index contributed by atoms with van der Waals surface area (Å²) >= 11 is 0.837. The lowest BCUT2D eigenvalue weighted by Crippen LogP contribution is -2.44. The number of urea groups is 1. The lowest BCUT2D eigenvalue weighted by molar-refractivity contribution is -0.143. The van der Waals surface area contributed by atoms with E-state index >= 15 is 0 Å². The first-order valence-electron chi connectivity index (χ1n) is 7.49. The Morgan fingerprint density at radius 3 is 2.46 bits per heavy atom. The van der Waals surface area contributed by atoms with Gasteiger partial charge in [-0.25, -0.2) is 9.78 Å². The van der Waals surface area contributed by atoms with Crippen LogP contribution < -0.4 is 10.6 Å². The third kappa shape index (κ3) is 4.83. The smallest absolute Gasteiger partial charge is 0.434 e. The summed E-state index contributed by atoms with van der Waals surface area (Å²) in [6.45, 7) is 1.56. The maximum Gasteiger partial charge on any atom is 0.434 e. The van der Waals surface area contributed by atoms with Crippen molar-refractivity contribution >= 4 is 23.3 Å². The Morgan fingerprint density at radius 2 is 1.96 bits per heavy atom. The predicted octanol–water partition coefficient (Wildman–Crippen LogP) is 3.17. The van der Waals surface area contributed by atoms with Gasteiger partial charge in [-0.1, -0.05) is 0 Å². The number of nitrogens with zero attached hydrogens (tertiary/aromatic N) is 1. The van der Waals surface area contributed by atoms with Crippen LogP contribution in [0.1, 0.15) is 49.4 Å². The quantitative estimate of drug-likeness (QED) is 0.764. The fourth-order valence-electron chi connectivity index (χ4n) is 2.59. The molecule has 1 aliphatic carbocycles. The summed E-state index contributed by atoms with van der Waals surface area (Å²) in [6, 6.07) is -1.28. The summed E-state index contributed by atoms with van der Waals surface area (Å²) in [6.07, 6.45) is -2.38. The predicted molar refractivity (Wildman–Crippen MR) is 80.6 cm³/mol. The topological polar surface area (TPSA) is 91.3 Å². The van der Waals surface area contributed by atoms with E-state index in [1.54, 1.807) is 6.92 Å². The van der Waals surface area contributed by atoms with Gasteiger partial charge in [-0.15, -0.1) is 11.3 Å². The minimum Gasteiger partial charge on any atom is -0.481 e. The molecule has 3 N–H and O–H groups in total. The maximum absolute atomic E-state index is 12.5. The number of carbonyl (C=O) groups is 2. The second-order valence-electron chi connectivity index (χ2n) is 5.80. The van der Waals surface area contributed by atoms with Crippen LogP contribution in [0.5, 0.6) is 0 Å². The Labute approximate surface area is 140 Å². The van der Waals surface area contributed by atoms with E-state index in [0.717, 1.165) is 16.7 Å². The molecule has 1 saturated carbocycles. The number of hydrogen-bond donors (Lipinski definition) is 3. The number of carboxylic acids is 1. The Bertz CT molecular complexity index is 598. The van der Waals surface area contributed by atoms with E-state index in [9.17, 15) is 22.8 Å². The van der Waals surface area contributed by atoms with Crippen LogP contribution in [0.25, 0.3) is 0 Å². The number of nitrogens with one attached hydrogen (secondary N) is 2. The normalized spacial score (nSPS) is 22.7. The number of carbonyl (C=O) groups excluding carboxylic acids is 1. The van der Waals surface area contributed by atoms with E-state index < -0.39 is 29.9 Å². The molecule has 2 amide bonds. The van der Waals surface area contributed by atoms with E-state index in [-0.39, 0.29) is 17.0 Å². The van der Waals surface area contributed by atoms with Crippen molar-refractivity contribution in [1.29, 1.82) is 0 Å². The fourth-order valence-corrected chi connectivity index (χ4v) is 3.42. The van der Waals surface area contributed by atoms with Crippen molar-refractivity contribution in [3.05, 3.63) is 16.1 Å². The molecule has 24 heavy (non-hydrogen) atoms. The Hall–Kier alpha value is -1.84. The molecule has 1 heterocycles. The number of aromatic nitrogens is 1. The highest BCUT2D eigenvalue weighted by Crippen LogP contribution is 2.31. The first kappa shape index (κ1) is 18.5. The third-order valence-electron chi connectivity index (χ3n) is 3.94. The molecule has 0 aromatic carbocycles. The van der Waals surface area contributed by atoms with Crippen molar-refractivity contribution in [2.75, 3.05) is 0 Å². The van der Waals surface area contributed by atoms with Gasteiger partial charge >= 0.3 is 18.2 Å². The molecule has 1 aromatic heterocycles. The monoisotopic (exact) mass is 365 g/mol. The van der Waals surface area contributed by atoms with Crippen LogP contribution in [-0.2, 0) is 11.0 Å². The van der Waals surface area contributed by atoms with Crippen LogP contribution in [0.2, 0.25) is 0 Å². The summed E-state index contributed by atoms with van der Waals surface area (Å²) in [5.74, 6) is -1.20. The highest BCUT2D eigenvalue weighted by atomic mass is 32.1. The number of hydrogen-bond acceptors (Lipinski definition) is 4. The number of thiazole rings is 1. The average molecular weight is 365 g/mol. The van der Waals surface area contributed by atoms with Crippen molar-refractivity contribution in [3.8, 4) is 0 Å². The van der Waals surface area contributed by atoms with Gasteiger partial charge in [0.25, 0.3) is 0 Å². The second kappa shape index (κ2) is 7.37. The van der Waals surface area contributed by atoms with Crippen LogP contribution >= 0.6 is 11.3 Å². The Balaban J connectivity index is 1.82. The zero-order chi connectivity index (χ0) is 17.9. The van der Waals surface area contributed by atoms with Gasteiger partial charge in [0.1, 0.15) is 5.01 Å². The highest BCUT2D eigenvalue weighted by molar-refractivity contribution is 7.09. The van der Waals surface area contributed by atoms with E-state index in [1.165, 1.54) is 0 Å². The third-order valence-corrected chi connectivity index (χ3v) is 4.97. The highest BCUT2D eigenvalue weighted by Gasteiger charge is 2.34. The van der Waals surface area contributed by atoms with E-state index in [0.29, 0.717) is 25.7 Å². The van der Waals surface area contributed by atoms with Crippen molar-refractivity contribution in [3.63, 3.8) is 0 Å². The van der Waals surface area contributed by atoms with Gasteiger partial charge in [-0.2, -0.15) is 13.2 Å². The lowest BCUT2D eigenvalue weighted by atomic mass is 9.86. The molecule has 1 aromatic rings. The van der Waals surface area contributed by atoms with Crippen LogP contribution in [0.4, 0.5) is 18.0 Å². The second-order valence-corrected chi connectivity index (χ2v) is 6.68. The van der Waals surface area contributed by atoms with Gasteiger partial charge in [0.05, 0.1) is 12.0 Å². The van der Waals surface area contributed by atoms with Crippen LogP contribution in [0.15, 0.2) is 5.38 Å². The molecule has 134 valence electrons. The van der Waals surface area contributed by atoms with Crippen molar-refractivity contribution in [1.82, 2.24) is 15.6 Å². The summed E-state index contributed by atoms with van der Waals surface area (Å²) in [5, 5.41) is 15.3. The Kier molecular flexibility index (Phi) is 5.68. The number of aliphatic carboxylic acids is 1. The van der Waals surface area contributed by atoms with Gasteiger partial charge in [0.15, 0.2) is 5.69 Å². The van der Waals surface area contributed by atoms with Gasteiger partial charge in [0, 0.05) is 11.4 Å². The largest absolute Gasteiger partial charge is 0.481 e. The van der Waals surface area contributed by atoms with Crippen molar-refractivity contribution in [2.45, 2.75) is 50.9 Å². The minimum atomic E-state index is -4.50. The van der Waals surface area contributed by atoms with Crippen LogP contribution in [-0.4, -0.2) is 28.1 Å². The van der Waals surface area contributed by atoms with Crippen LogP contribution in [0.3, 0.4) is 0 Å². The van der Waals surface area contributed by atoms with E-state index in [4.69, 9.17) is 5.11 Å². The molecule has 0 radical (unpaired) electrons. The number of amides is 2. The molecular weight excluding hydrogens is 347 g/mol. The zero-order valence-corrected chi connectivity index (χ0v) is 13.7. The SMILES string of the molecule is CC(NC(=O)NC1CCC(C(=O)O)CC1)c1nc(C(F)(F)F)cs1. The minimum absolute atomic E-state index is 0.130. The maximum atomic E-state index is 12.5.